The summed E-state index contributed by atoms with van der Waals surface area (Å²) in [4.78, 5) is 0. The van der Waals surface area contributed by atoms with Gasteiger partial charge in [0.2, 0.25) is 0 Å². The Morgan fingerprint density at radius 1 is 0.389 bits per heavy atom. The number of hydrogen-bond donors (Lipinski definition) is 0. The molecular weight excluding hydrogens is 377 g/mol. The van der Waals surface area contributed by atoms with Crippen LogP contribution in [0, 0.1) is 0 Å². The molecule has 0 nitrogen and oxygen atoms in total. The highest BCUT2D eigenvalue weighted by molar-refractivity contribution is 8.51. The van der Waals surface area contributed by atoms with E-state index in [9.17, 15) is 0 Å². The first-order valence-corrected chi connectivity index (χ1v) is 11.3. The molecule has 0 bridgehead atoms. The van der Waals surface area contributed by atoms with Crippen LogP contribution < -0.4 is 0 Å². The van der Waals surface area contributed by atoms with Crippen LogP contribution in [0.3, 0.4) is 0 Å². The fraction of sp³-hybridized carbons (Fsp3) is 0. The molecule has 0 aromatic carbocycles. The summed E-state index contributed by atoms with van der Waals surface area (Å²) in [6.07, 6.45) is 0. The molecule has 0 saturated carbocycles. The van der Waals surface area contributed by atoms with Crippen molar-refractivity contribution >= 4 is 94.1 Å². The quantitative estimate of drug-likeness (QED) is 0.426. The molecule has 8 heteroatoms. The van der Waals surface area contributed by atoms with E-state index in [0.29, 0.717) is 0 Å². The Morgan fingerprint density at radius 2 is 0.611 bits per heavy atom. The zero-order valence-electron chi connectivity index (χ0n) is 8.68. The predicted octanol–water partition coefficient (Wildman–Crippen LogP) is 7.23. The average Bonchev–Trinajstić information content (AvgIpc) is 2.94. The van der Waals surface area contributed by atoms with Gasteiger partial charge in [0.25, 0.3) is 0 Å². The second kappa shape index (κ2) is 5.05. The molecule has 0 aromatic rings. The van der Waals surface area contributed by atoms with Crippen LogP contribution in [0.1, 0.15) is 0 Å². The first kappa shape index (κ1) is 13.2. The van der Waals surface area contributed by atoms with Gasteiger partial charge in [-0.25, -0.2) is 0 Å². The average molecular weight is 381 g/mol. The van der Waals surface area contributed by atoms with Crippen LogP contribution in [0.15, 0.2) is 47.1 Å². The number of rotatable bonds is 0. The van der Waals surface area contributed by atoms with E-state index in [2.05, 4.69) is 13.2 Å². The maximum atomic E-state index is 4.02. The van der Waals surface area contributed by atoms with E-state index < -0.39 is 0 Å². The van der Waals surface area contributed by atoms with Crippen molar-refractivity contribution in [3.05, 3.63) is 47.1 Å². The van der Waals surface area contributed by atoms with Crippen LogP contribution in [0.5, 0.6) is 0 Å². The second-order valence-corrected chi connectivity index (χ2v) is 13.9. The van der Waals surface area contributed by atoms with Gasteiger partial charge in [0.05, 0.1) is 25.4 Å². The van der Waals surface area contributed by atoms with E-state index in [-0.39, 0.29) is 0 Å². The van der Waals surface area contributed by atoms with Crippen molar-refractivity contribution in [2.24, 2.45) is 0 Å². The zero-order chi connectivity index (χ0) is 12.3. The van der Waals surface area contributed by atoms with Gasteiger partial charge in [-0.1, -0.05) is 107 Å². The van der Waals surface area contributed by atoms with E-state index in [0.717, 1.165) is 0 Å². The first-order valence-electron chi connectivity index (χ1n) is 4.72. The molecule has 0 aromatic heterocycles. The van der Waals surface area contributed by atoms with Crippen LogP contribution >= 0.6 is 94.1 Å². The van der Waals surface area contributed by atoms with Crippen molar-refractivity contribution in [1.29, 1.82) is 0 Å². The Morgan fingerprint density at radius 3 is 0.889 bits per heavy atom. The lowest BCUT2D eigenvalue weighted by molar-refractivity contribution is 2.37. The molecule has 4 heterocycles. The third-order valence-corrected chi connectivity index (χ3v) is 13.2. The summed E-state index contributed by atoms with van der Waals surface area (Å²) in [6.45, 7) is 8.04. The Balaban J connectivity index is 1.53. The standard InChI is InChI=1S/C10H4S8/c1-3-11-5-6(12-3)16-9(15-5)10-17-7-8(18-10)14-4(2)13-7/h1-2H2. The molecule has 4 rings (SSSR count). The van der Waals surface area contributed by atoms with E-state index in [1.54, 1.807) is 0 Å². The minimum Gasteiger partial charge on any atom is -0.0781 e. The van der Waals surface area contributed by atoms with Gasteiger partial charge in [0.15, 0.2) is 0 Å². The van der Waals surface area contributed by atoms with Gasteiger partial charge in [-0.3, -0.25) is 0 Å². The summed E-state index contributed by atoms with van der Waals surface area (Å²) < 4.78 is 11.0. The molecule has 92 valence electrons. The molecular formula is C10H4S8. The molecule has 0 radical (unpaired) electrons. The highest BCUT2D eigenvalue weighted by atomic mass is 32.3. The summed E-state index contributed by atoms with van der Waals surface area (Å²) in [5, 5.41) is 0. The van der Waals surface area contributed by atoms with E-state index in [1.165, 1.54) is 33.9 Å². The van der Waals surface area contributed by atoms with Gasteiger partial charge in [-0.05, 0) is 0 Å². The lowest BCUT2D eigenvalue weighted by Gasteiger charge is -2.06. The lowest BCUT2D eigenvalue weighted by atomic mass is 11.2. The molecule has 4 aliphatic rings. The Kier molecular flexibility index (Phi) is 3.70. The highest BCUT2D eigenvalue weighted by Crippen LogP contribution is 2.72. The fourth-order valence-corrected chi connectivity index (χ4v) is 13.7. The third kappa shape index (κ3) is 2.30. The SMILES string of the molecule is C=C1SC2=C(S1)SC(=C1SC3=C(SC(=C)S3)S1)S2. The second-order valence-electron chi connectivity index (χ2n) is 3.29. The Hall–Kier alpha value is 1.50. The van der Waals surface area contributed by atoms with Crippen molar-refractivity contribution in [2.75, 3.05) is 0 Å². The van der Waals surface area contributed by atoms with Crippen molar-refractivity contribution < 1.29 is 0 Å². The number of hydrogen-bond acceptors (Lipinski definition) is 8. The Labute approximate surface area is 140 Å². The molecule has 4 aliphatic heterocycles. The van der Waals surface area contributed by atoms with Crippen molar-refractivity contribution in [1.82, 2.24) is 0 Å². The number of thioether (sulfide) groups is 8. The smallest absolute Gasteiger partial charge is 0.0718 e. The van der Waals surface area contributed by atoms with Gasteiger partial charge in [-0.2, -0.15) is 0 Å². The molecule has 0 aliphatic carbocycles. The summed E-state index contributed by atoms with van der Waals surface area (Å²) in [5.74, 6) is 0. The Bertz CT molecular complexity index is 497. The first-order chi connectivity index (χ1) is 8.69. The maximum Gasteiger partial charge on any atom is 0.0718 e. The van der Waals surface area contributed by atoms with Crippen molar-refractivity contribution in [3.8, 4) is 0 Å². The van der Waals surface area contributed by atoms with Gasteiger partial charge in [0.1, 0.15) is 0 Å². The highest BCUT2D eigenvalue weighted by Gasteiger charge is 2.36. The van der Waals surface area contributed by atoms with Gasteiger partial charge < -0.3 is 0 Å². The molecule has 0 amide bonds. The van der Waals surface area contributed by atoms with E-state index in [1.807, 2.05) is 94.1 Å². The summed E-state index contributed by atoms with van der Waals surface area (Å²) >= 11 is 14.9. The minimum absolute atomic E-state index is 1.21. The van der Waals surface area contributed by atoms with Gasteiger partial charge in [0, 0.05) is 8.47 Å². The summed E-state index contributed by atoms with van der Waals surface area (Å²) in [7, 11) is 0. The summed E-state index contributed by atoms with van der Waals surface area (Å²) in [6, 6.07) is 0. The summed E-state index contributed by atoms with van der Waals surface area (Å²) in [5.41, 5.74) is 0. The predicted molar refractivity (Wildman–Crippen MR) is 100 cm³/mol. The lowest BCUT2D eigenvalue weighted by Crippen LogP contribution is -1.70. The van der Waals surface area contributed by atoms with Crippen LogP contribution in [0.25, 0.3) is 0 Å². The molecule has 0 saturated heterocycles. The molecule has 0 atom stereocenters. The van der Waals surface area contributed by atoms with Crippen LogP contribution in [0.4, 0.5) is 0 Å². The van der Waals surface area contributed by atoms with Gasteiger partial charge in [-0.15, -0.1) is 0 Å². The van der Waals surface area contributed by atoms with E-state index >= 15 is 0 Å². The fourth-order valence-electron chi connectivity index (χ4n) is 1.42. The largest absolute Gasteiger partial charge is 0.0781 e. The van der Waals surface area contributed by atoms with Crippen LogP contribution in [-0.4, -0.2) is 0 Å². The molecule has 0 unspecified atom stereocenters. The maximum absolute atomic E-state index is 4.02. The monoisotopic (exact) mass is 380 g/mol. The van der Waals surface area contributed by atoms with Crippen molar-refractivity contribution in [2.45, 2.75) is 0 Å². The van der Waals surface area contributed by atoms with Crippen LogP contribution in [0.2, 0.25) is 0 Å². The topological polar surface area (TPSA) is 0 Å². The minimum atomic E-state index is 1.21. The third-order valence-electron chi connectivity index (χ3n) is 2.07. The van der Waals surface area contributed by atoms with E-state index in [4.69, 9.17) is 0 Å². The molecule has 0 N–H and O–H groups in total. The molecule has 0 spiro atoms. The van der Waals surface area contributed by atoms with Gasteiger partial charge >= 0.3 is 0 Å². The normalized spacial score (nSPS) is 26.9. The molecule has 18 heavy (non-hydrogen) atoms. The van der Waals surface area contributed by atoms with Crippen molar-refractivity contribution in [3.63, 3.8) is 0 Å². The zero-order valence-corrected chi connectivity index (χ0v) is 15.2. The van der Waals surface area contributed by atoms with Crippen LogP contribution in [-0.2, 0) is 0 Å². The molecule has 0 fully saturated rings.